The van der Waals surface area contributed by atoms with Gasteiger partial charge in [-0.25, -0.2) is 4.98 Å². The molecular formula is C14H13Cl2NO. The molecule has 2 nitrogen and oxygen atoms in total. The number of hydrogen-bond acceptors (Lipinski definition) is 2. The van der Waals surface area contributed by atoms with Crippen molar-refractivity contribution < 1.29 is 4.74 Å². The van der Waals surface area contributed by atoms with E-state index in [4.69, 9.17) is 27.9 Å². The van der Waals surface area contributed by atoms with Crippen LogP contribution in [0.15, 0.2) is 30.3 Å². The number of nitrogens with zero attached hydrogens (tertiary/aromatic N) is 1. The van der Waals surface area contributed by atoms with E-state index in [0.717, 1.165) is 5.75 Å². The maximum Gasteiger partial charge on any atom is 0.219 e. The van der Waals surface area contributed by atoms with Crippen LogP contribution < -0.4 is 4.74 Å². The molecule has 2 aromatic rings. The molecule has 1 aromatic carbocycles. The van der Waals surface area contributed by atoms with Crippen molar-refractivity contribution in [3.05, 3.63) is 52.2 Å². The number of rotatable bonds is 3. The van der Waals surface area contributed by atoms with Gasteiger partial charge in [-0.05, 0) is 43.2 Å². The summed E-state index contributed by atoms with van der Waals surface area (Å²) in [6.07, 6.45) is 0. The summed E-state index contributed by atoms with van der Waals surface area (Å²) in [5.74, 6) is 1.52. The molecule has 0 saturated heterocycles. The first-order chi connectivity index (χ1) is 8.60. The maximum atomic E-state index is 5.94. The zero-order valence-corrected chi connectivity index (χ0v) is 11.7. The highest BCUT2D eigenvalue weighted by atomic mass is 35.5. The molecule has 4 heteroatoms. The highest BCUT2D eigenvalue weighted by Gasteiger charge is 2.05. The van der Waals surface area contributed by atoms with Gasteiger partial charge < -0.3 is 4.74 Å². The van der Waals surface area contributed by atoms with Crippen LogP contribution in [0.4, 0.5) is 0 Å². The summed E-state index contributed by atoms with van der Waals surface area (Å²) in [6, 6.07) is 9.38. The average molecular weight is 282 g/mol. The van der Waals surface area contributed by atoms with Gasteiger partial charge in [0.2, 0.25) is 5.88 Å². The van der Waals surface area contributed by atoms with Crippen LogP contribution in [-0.2, 0) is 5.88 Å². The van der Waals surface area contributed by atoms with E-state index in [1.807, 2.05) is 25.1 Å². The molecule has 0 radical (unpaired) electrons. The van der Waals surface area contributed by atoms with Gasteiger partial charge in [0.05, 0.1) is 16.6 Å². The predicted molar refractivity (Wildman–Crippen MR) is 74.8 cm³/mol. The zero-order chi connectivity index (χ0) is 13.1. The Morgan fingerprint density at radius 2 is 1.89 bits per heavy atom. The van der Waals surface area contributed by atoms with Gasteiger partial charge in [0.1, 0.15) is 5.75 Å². The third-order valence-corrected chi connectivity index (χ3v) is 3.32. The number of aryl methyl sites for hydroxylation is 2. The predicted octanol–water partition coefficient (Wildman–Crippen LogP) is 4.88. The molecule has 0 aliphatic heterocycles. The minimum atomic E-state index is 0.267. The summed E-state index contributed by atoms with van der Waals surface area (Å²) in [7, 11) is 0. The van der Waals surface area contributed by atoms with E-state index in [-0.39, 0.29) is 5.88 Å². The van der Waals surface area contributed by atoms with Crippen LogP contribution in [0, 0.1) is 13.8 Å². The fraction of sp³-hybridized carbons (Fsp3) is 0.214. The zero-order valence-electron chi connectivity index (χ0n) is 10.2. The molecule has 0 unspecified atom stereocenters. The van der Waals surface area contributed by atoms with Gasteiger partial charge in [0, 0.05) is 6.07 Å². The van der Waals surface area contributed by atoms with Crippen LogP contribution in [0.2, 0.25) is 5.02 Å². The van der Waals surface area contributed by atoms with Crippen LogP contribution in [0.1, 0.15) is 16.8 Å². The molecule has 0 N–H and O–H groups in total. The Labute approximate surface area is 117 Å². The molecule has 2 rings (SSSR count). The summed E-state index contributed by atoms with van der Waals surface area (Å²) >= 11 is 11.7. The fourth-order valence-corrected chi connectivity index (χ4v) is 1.96. The Hall–Kier alpha value is -1.25. The highest BCUT2D eigenvalue weighted by Crippen LogP contribution is 2.25. The number of ether oxygens (including phenoxy) is 1. The first-order valence-electron chi connectivity index (χ1n) is 5.56. The lowest BCUT2D eigenvalue weighted by molar-refractivity contribution is 0.461. The van der Waals surface area contributed by atoms with Gasteiger partial charge in [-0.2, -0.15) is 0 Å². The SMILES string of the molecule is Cc1ccc(Oc2ccc(Cl)c(CCl)n2)cc1C. The number of aromatic nitrogens is 1. The Bertz CT molecular complexity index is 570. The van der Waals surface area contributed by atoms with Crippen molar-refractivity contribution in [3.63, 3.8) is 0 Å². The normalized spacial score (nSPS) is 10.4. The number of halogens is 2. The van der Waals surface area contributed by atoms with Gasteiger partial charge in [-0.3, -0.25) is 0 Å². The van der Waals surface area contributed by atoms with Crippen LogP contribution >= 0.6 is 23.2 Å². The average Bonchev–Trinajstić information content (AvgIpc) is 2.36. The second-order valence-corrected chi connectivity index (χ2v) is 4.73. The third-order valence-electron chi connectivity index (χ3n) is 2.72. The molecule has 94 valence electrons. The number of benzene rings is 1. The molecule has 1 aromatic heterocycles. The lowest BCUT2D eigenvalue weighted by Gasteiger charge is -2.08. The molecule has 0 aliphatic carbocycles. The standard InChI is InChI=1S/C14H13Cl2NO/c1-9-3-4-11(7-10(9)2)18-14-6-5-12(16)13(8-15)17-14/h3-7H,8H2,1-2H3. The van der Waals surface area contributed by atoms with Crippen LogP contribution in [0.25, 0.3) is 0 Å². The molecule has 0 aliphatic rings. The number of hydrogen-bond donors (Lipinski definition) is 0. The van der Waals surface area contributed by atoms with Crippen molar-refractivity contribution in [1.29, 1.82) is 0 Å². The van der Waals surface area contributed by atoms with E-state index in [1.165, 1.54) is 11.1 Å². The molecule has 0 spiro atoms. The van der Waals surface area contributed by atoms with Crippen molar-refractivity contribution in [2.75, 3.05) is 0 Å². The van der Waals surface area contributed by atoms with Crippen molar-refractivity contribution in [2.45, 2.75) is 19.7 Å². The topological polar surface area (TPSA) is 22.1 Å². The summed E-state index contributed by atoms with van der Waals surface area (Å²) in [4.78, 5) is 4.25. The van der Waals surface area contributed by atoms with Gasteiger partial charge in [0.25, 0.3) is 0 Å². The van der Waals surface area contributed by atoms with Crippen LogP contribution in [-0.4, -0.2) is 4.98 Å². The first-order valence-corrected chi connectivity index (χ1v) is 6.48. The maximum absolute atomic E-state index is 5.94. The summed E-state index contributed by atoms with van der Waals surface area (Å²) in [5, 5.41) is 0.553. The monoisotopic (exact) mass is 281 g/mol. The van der Waals surface area contributed by atoms with Gasteiger partial charge in [-0.1, -0.05) is 17.7 Å². The van der Waals surface area contributed by atoms with Gasteiger partial charge >= 0.3 is 0 Å². The third kappa shape index (κ3) is 2.95. The Morgan fingerprint density at radius 1 is 1.11 bits per heavy atom. The summed E-state index contributed by atoms with van der Waals surface area (Å²) in [5.41, 5.74) is 3.03. The number of pyridine rings is 1. The smallest absolute Gasteiger partial charge is 0.219 e. The molecule has 18 heavy (non-hydrogen) atoms. The van der Waals surface area contributed by atoms with E-state index in [9.17, 15) is 0 Å². The lowest BCUT2D eigenvalue weighted by Crippen LogP contribution is -1.93. The quantitative estimate of drug-likeness (QED) is 0.748. The minimum Gasteiger partial charge on any atom is -0.439 e. The first kappa shape index (κ1) is 13.2. The summed E-state index contributed by atoms with van der Waals surface area (Å²) in [6.45, 7) is 4.10. The van der Waals surface area contributed by atoms with E-state index < -0.39 is 0 Å². The van der Waals surface area contributed by atoms with Gasteiger partial charge in [0.15, 0.2) is 0 Å². The molecule has 0 bridgehead atoms. The van der Waals surface area contributed by atoms with Crippen molar-refractivity contribution in [2.24, 2.45) is 0 Å². The molecule has 1 heterocycles. The Kier molecular flexibility index (Phi) is 4.10. The van der Waals surface area contributed by atoms with E-state index in [2.05, 4.69) is 11.9 Å². The molecule has 0 fully saturated rings. The van der Waals surface area contributed by atoms with E-state index in [0.29, 0.717) is 16.6 Å². The van der Waals surface area contributed by atoms with Crippen LogP contribution in [0.3, 0.4) is 0 Å². The molecule has 0 atom stereocenters. The second kappa shape index (κ2) is 5.59. The second-order valence-electron chi connectivity index (χ2n) is 4.06. The fourth-order valence-electron chi connectivity index (χ4n) is 1.51. The highest BCUT2D eigenvalue weighted by molar-refractivity contribution is 6.32. The number of alkyl halides is 1. The molecule has 0 saturated carbocycles. The van der Waals surface area contributed by atoms with Crippen molar-refractivity contribution in [1.82, 2.24) is 4.98 Å². The van der Waals surface area contributed by atoms with E-state index in [1.54, 1.807) is 12.1 Å². The van der Waals surface area contributed by atoms with Gasteiger partial charge in [-0.15, -0.1) is 11.6 Å². The summed E-state index contributed by atoms with van der Waals surface area (Å²) < 4.78 is 5.68. The van der Waals surface area contributed by atoms with Crippen molar-refractivity contribution in [3.8, 4) is 11.6 Å². The minimum absolute atomic E-state index is 0.267. The van der Waals surface area contributed by atoms with Crippen molar-refractivity contribution >= 4 is 23.2 Å². The largest absolute Gasteiger partial charge is 0.439 e. The molecule has 0 amide bonds. The Morgan fingerprint density at radius 3 is 2.56 bits per heavy atom. The van der Waals surface area contributed by atoms with E-state index >= 15 is 0 Å². The lowest BCUT2D eigenvalue weighted by atomic mass is 10.1. The van der Waals surface area contributed by atoms with Crippen LogP contribution in [0.5, 0.6) is 11.6 Å². The molecular weight excluding hydrogens is 269 g/mol. The Balaban J connectivity index is 2.25.